The third-order valence-electron chi connectivity index (χ3n) is 4.15. The molecule has 0 saturated carbocycles. The van der Waals surface area contributed by atoms with Crippen LogP contribution in [0.15, 0.2) is 0 Å². The molecule has 0 aromatic rings. The lowest BCUT2D eigenvalue weighted by Crippen LogP contribution is -2.58. The quantitative estimate of drug-likeness (QED) is 0.551. The molecule has 1 aliphatic heterocycles. The van der Waals surface area contributed by atoms with Crippen molar-refractivity contribution in [2.45, 2.75) is 58.2 Å². The van der Waals surface area contributed by atoms with E-state index in [9.17, 15) is 29.7 Å². The minimum atomic E-state index is -2.54. The van der Waals surface area contributed by atoms with Crippen molar-refractivity contribution in [3.05, 3.63) is 0 Å². The Labute approximate surface area is 139 Å². The van der Waals surface area contributed by atoms with Crippen molar-refractivity contribution in [1.82, 2.24) is 0 Å². The van der Waals surface area contributed by atoms with Crippen molar-refractivity contribution in [1.29, 1.82) is 0 Å². The molecule has 3 N–H and O–H groups in total. The first-order valence-electron chi connectivity index (χ1n) is 7.60. The van der Waals surface area contributed by atoms with E-state index >= 15 is 0 Å². The summed E-state index contributed by atoms with van der Waals surface area (Å²) in [7, 11) is 0. The van der Waals surface area contributed by atoms with Gasteiger partial charge in [-0.15, -0.1) is 0 Å². The van der Waals surface area contributed by atoms with E-state index in [1.807, 2.05) is 0 Å². The topological polar surface area (TPSA) is 140 Å². The van der Waals surface area contributed by atoms with Gasteiger partial charge in [0, 0.05) is 25.7 Å². The zero-order chi connectivity index (χ0) is 18.7. The number of aliphatic hydroxyl groups is 2. The lowest BCUT2D eigenvalue weighted by molar-refractivity contribution is -0.296. The highest BCUT2D eigenvalue weighted by molar-refractivity contribution is 5.75. The molecule has 6 atom stereocenters. The Balaban J connectivity index is 2.97. The zero-order valence-electron chi connectivity index (χ0n) is 14.1. The van der Waals surface area contributed by atoms with Crippen LogP contribution in [0.25, 0.3) is 0 Å². The molecule has 1 rings (SSSR count). The Morgan fingerprint density at radius 2 is 1.88 bits per heavy atom. The first-order valence-corrected chi connectivity index (χ1v) is 7.60. The fourth-order valence-corrected chi connectivity index (χ4v) is 2.71. The molecule has 1 heterocycles. The van der Waals surface area contributed by atoms with E-state index in [1.54, 1.807) is 13.8 Å². The van der Waals surface area contributed by atoms with Gasteiger partial charge < -0.3 is 29.5 Å². The number of esters is 2. The van der Waals surface area contributed by atoms with Gasteiger partial charge in [-0.25, -0.2) is 4.79 Å². The number of hydrogen-bond donors (Lipinski definition) is 3. The molecule has 0 aliphatic carbocycles. The summed E-state index contributed by atoms with van der Waals surface area (Å²) in [5, 5.41) is 29.5. The summed E-state index contributed by atoms with van der Waals surface area (Å²) < 4.78 is 15.1. The van der Waals surface area contributed by atoms with Crippen LogP contribution in [-0.4, -0.2) is 63.9 Å². The number of ether oxygens (including phenoxy) is 3. The molecule has 0 bridgehead atoms. The van der Waals surface area contributed by atoms with E-state index < -0.39 is 60.3 Å². The molecule has 0 aromatic carbocycles. The summed E-state index contributed by atoms with van der Waals surface area (Å²) >= 11 is 0. The van der Waals surface area contributed by atoms with Gasteiger partial charge in [-0.3, -0.25) is 9.59 Å². The Morgan fingerprint density at radius 3 is 2.33 bits per heavy atom. The third-order valence-corrected chi connectivity index (χ3v) is 4.15. The fraction of sp³-hybridized carbons (Fsp3) is 0.800. The molecule has 0 amide bonds. The van der Waals surface area contributed by atoms with Crippen molar-refractivity contribution < 1.29 is 43.9 Å². The van der Waals surface area contributed by atoms with Gasteiger partial charge in [0.15, 0.2) is 0 Å². The van der Waals surface area contributed by atoms with Crippen LogP contribution in [0.1, 0.15) is 34.1 Å². The molecule has 1 fully saturated rings. The van der Waals surface area contributed by atoms with Crippen LogP contribution in [0.3, 0.4) is 0 Å². The van der Waals surface area contributed by atoms with Crippen molar-refractivity contribution >= 4 is 17.9 Å². The maximum absolute atomic E-state index is 11.3. The summed E-state index contributed by atoms with van der Waals surface area (Å²) in [5.74, 6) is -6.52. The Hall–Kier alpha value is -1.71. The fourth-order valence-electron chi connectivity index (χ4n) is 2.71. The van der Waals surface area contributed by atoms with Crippen molar-refractivity contribution in [3.63, 3.8) is 0 Å². The van der Waals surface area contributed by atoms with Crippen LogP contribution in [0, 0.1) is 11.8 Å². The molecule has 1 saturated heterocycles. The summed E-state index contributed by atoms with van der Waals surface area (Å²) in [6.07, 6.45) is -3.40. The van der Waals surface area contributed by atoms with Gasteiger partial charge >= 0.3 is 17.9 Å². The van der Waals surface area contributed by atoms with Crippen molar-refractivity contribution in [3.8, 4) is 0 Å². The Kier molecular flexibility index (Phi) is 6.70. The van der Waals surface area contributed by atoms with E-state index in [0.717, 1.165) is 0 Å². The van der Waals surface area contributed by atoms with Gasteiger partial charge in [0.25, 0.3) is 5.79 Å². The molecule has 0 spiro atoms. The van der Waals surface area contributed by atoms with Crippen LogP contribution >= 0.6 is 0 Å². The number of aliphatic hydroxyl groups excluding tert-OH is 1. The lowest BCUT2D eigenvalue weighted by atomic mass is 9.81. The van der Waals surface area contributed by atoms with Gasteiger partial charge in [-0.2, -0.15) is 0 Å². The number of hydrogen-bond acceptors (Lipinski definition) is 8. The minimum Gasteiger partial charge on any atom is -0.477 e. The van der Waals surface area contributed by atoms with E-state index in [4.69, 9.17) is 14.2 Å². The molecule has 9 heteroatoms. The molecule has 1 aliphatic rings. The molecular formula is C15H24O9. The van der Waals surface area contributed by atoms with Gasteiger partial charge in [0.1, 0.15) is 12.7 Å². The van der Waals surface area contributed by atoms with E-state index in [1.165, 1.54) is 13.8 Å². The highest BCUT2D eigenvalue weighted by Crippen LogP contribution is 2.37. The average molecular weight is 348 g/mol. The highest BCUT2D eigenvalue weighted by atomic mass is 16.7. The van der Waals surface area contributed by atoms with Crippen molar-refractivity contribution in [2.75, 3.05) is 6.61 Å². The first-order chi connectivity index (χ1) is 11.0. The van der Waals surface area contributed by atoms with Crippen LogP contribution in [0.2, 0.25) is 0 Å². The largest absolute Gasteiger partial charge is 0.477 e. The maximum atomic E-state index is 11.3. The van der Waals surface area contributed by atoms with Gasteiger partial charge in [0.2, 0.25) is 0 Å². The third kappa shape index (κ3) is 4.89. The standard InChI is InChI=1S/C15H24O9/c1-7(11(18)6-22-9(3)16)13-8(2)12(23-10(4)17)5-15(21,24-13)14(19)20/h7-8,11-13,18,21H,5-6H2,1-4H3,(H,19,20). The molecule has 0 radical (unpaired) electrons. The van der Waals surface area contributed by atoms with Crippen LogP contribution < -0.4 is 0 Å². The summed E-state index contributed by atoms with van der Waals surface area (Å²) in [4.78, 5) is 33.4. The molecule has 138 valence electrons. The Bertz CT molecular complexity index is 491. The lowest BCUT2D eigenvalue weighted by Gasteiger charge is -2.45. The van der Waals surface area contributed by atoms with Crippen LogP contribution in [0.4, 0.5) is 0 Å². The van der Waals surface area contributed by atoms with Crippen molar-refractivity contribution in [2.24, 2.45) is 11.8 Å². The second-order valence-electron chi connectivity index (χ2n) is 6.11. The predicted octanol–water partition coefficient (Wildman–Crippen LogP) is -0.324. The van der Waals surface area contributed by atoms with Crippen LogP contribution in [0.5, 0.6) is 0 Å². The number of carboxylic acids is 1. The maximum Gasteiger partial charge on any atom is 0.364 e. The number of aliphatic carboxylic acids is 1. The number of carbonyl (C=O) groups is 3. The molecular weight excluding hydrogens is 324 g/mol. The van der Waals surface area contributed by atoms with Gasteiger partial charge in [-0.1, -0.05) is 13.8 Å². The van der Waals surface area contributed by atoms with E-state index in [0.29, 0.717) is 0 Å². The molecule has 6 unspecified atom stereocenters. The SMILES string of the molecule is CC(=O)OCC(O)C(C)C1OC(O)(C(=O)O)CC(OC(C)=O)C1C. The van der Waals surface area contributed by atoms with E-state index in [2.05, 4.69) is 0 Å². The average Bonchev–Trinajstić information content (AvgIpc) is 2.46. The smallest absolute Gasteiger partial charge is 0.364 e. The van der Waals surface area contributed by atoms with Crippen LogP contribution in [-0.2, 0) is 28.6 Å². The number of carbonyl (C=O) groups excluding carboxylic acids is 2. The number of rotatable bonds is 6. The Morgan fingerprint density at radius 1 is 1.29 bits per heavy atom. The minimum absolute atomic E-state index is 0.299. The zero-order valence-corrected chi connectivity index (χ0v) is 14.1. The van der Waals surface area contributed by atoms with Gasteiger partial charge in [0.05, 0.1) is 18.6 Å². The first kappa shape index (κ1) is 20.3. The molecule has 24 heavy (non-hydrogen) atoms. The highest BCUT2D eigenvalue weighted by Gasteiger charge is 2.53. The predicted molar refractivity (Wildman–Crippen MR) is 78.6 cm³/mol. The second-order valence-corrected chi connectivity index (χ2v) is 6.11. The van der Waals surface area contributed by atoms with Gasteiger partial charge in [-0.05, 0) is 0 Å². The molecule has 9 nitrogen and oxygen atoms in total. The number of carboxylic acid groups (broad SMARTS) is 1. The second kappa shape index (κ2) is 7.91. The molecule has 0 aromatic heterocycles. The normalized spacial score (nSPS) is 32.5. The summed E-state index contributed by atoms with van der Waals surface area (Å²) in [6, 6.07) is 0. The summed E-state index contributed by atoms with van der Waals surface area (Å²) in [6.45, 7) is 5.29. The monoisotopic (exact) mass is 348 g/mol. The van der Waals surface area contributed by atoms with E-state index in [-0.39, 0.29) is 6.61 Å². The summed E-state index contributed by atoms with van der Waals surface area (Å²) in [5.41, 5.74) is 0.